The maximum atomic E-state index is 2.86. The molecule has 0 N–H and O–H groups in total. The van der Waals surface area contributed by atoms with E-state index in [-0.39, 0.29) is 0 Å². The van der Waals surface area contributed by atoms with Crippen molar-refractivity contribution in [2.45, 2.75) is 76.3 Å². The molecule has 2 nitrogen and oxygen atoms in total. The average molecular weight is 292 g/mol. The van der Waals surface area contributed by atoms with Crippen molar-refractivity contribution in [2.24, 2.45) is 11.8 Å². The minimum atomic E-state index is 0.966. The molecule has 21 heavy (non-hydrogen) atoms. The number of hydrogen-bond acceptors (Lipinski definition) is 1. The molecule has 2 heterocycles. The lowest BCUT2D eigenvalue weighted by atomic mass is 9.99. The number of rotatable bonds is 2. The Balaban J connectivity index is 1.34. The molecule has 2 aliphatic heterocycles. The van der Waals surface area contributed by atoms with Crippen molar-refractivity contribution in [2.75, 3.05) is 33.2 Å². The summed E-state index contributed by atoms with van der Waals surface area (Å²) >= 11 is 0. The van der Waals surface area contributed by atoms with Crippen LogP contribution in [0.25, 0.3) is 0 Å². The summed E-state index contributed by atoms with van der Waals surface area (Å²) in [5.74, 6) is 2.16. The minimum absolute atomic E-state index is 0.966. The van der Waals surface area contributed by atoms with Gasteiger partial charge in [0.2, 0.25) is 0 Å². The summed E-state index contributed by atoms with van der Waals surface area (Å²) in [4.78, 5) is 2.86. The summed E-state index contributed by atoms with van der Waals surface area (Å²) in [6.07, 6.45) is 15.1. The third-order valence-electron chi connectivity index (χ3n) is 7.59. The van der Waals surface area contributed by atoms with Gasteiger partial charge in [-0.25, -0.2) is 0 Å². The van der Waals surface area contributed by atoms with Crippen LogP contribution in [0.5, 0.6) is 0 Å². The number of fused-ring (bicyclic) bond motifs is 1. The third kappa shape index (κ3) is 2.79. The summed E-state index contributed by atoms with van der Waals surface area (Å²) in [5, 5.41) is 0. The van der Waals surface area contributed by atoms with Crippen LogP contribution in [0.15, 0.2) is 0 Å². The molecule has 0 aromatic carbocycles. The van der Waals surface area contributed by atoms with Gasteiger partial charge in [0.25, 0.3) is 0 Å². The molecule has 4 atom stereocenters. The van der Waals surface area contributed by atoms with Crippen molar-refractivity contribution in [3.8, 4) is 0 Å². The zero-order valence-corrected chi connectivity index (χ0v) is 14.1. The first kappa shape index (κ1) is 14.5. The van der Waals surface area contributed by atoms with Crippen LogP contribution in [0.4, 0.5) is 0 Å². The lowest BCUT2D eigenvalue weighted by Crippen LogP contribution is -2.54. The molecule has 0 aromatic heterocycles. The van der Waals surface area contributed by atoms with Gasteiger partial charge in [-0.15, -0.1) is 0 Å². The molecule has 2 heteroatoms. The van der Waals surface area contributed by atoms with Crippen LogP contribution >= 0.6 is 0 Å². The molecule has 0 amide bonds. The first-order valence-corrected chi connectivity index (χ1v) is 9.83. The fourth-order valence-corrected chi connectivity index (χ4v) is 6.24. The van der Waals surface area contributed by atoms with Crippen LogP contribution < -0.4 is 0 Å². The highest BCUT2D eigenvalue weighted by molar-refractivity contribution is 4.96. The Morgan fingerprint density at radius 3 is 1.90 bits per heavy atom. The second kappa shape index (κ2) is 5.85. The van der Waals surface area contributed by atoms with Gasteiger partial charge in [0.1, 0.15) is 0 Å². The van der Waals surface area contributed by atoms with Gasteiger partial charge in [0.05, 0.1) is 26.2 Å². The number of nitrogens with zero attached hydrogens (tertiary/aromatic N) is 2. The van der Waals surface area contributed by atoms with Gasteiger partial charge >= 0.3 is 0 Å². The van der Waals surface area contributed by atoms with Gasteiger partial charge in [0, 0.05) is 18.9 Å². The lowest BCUT2D eigenvalue weighted by molar-refractivity contribution is -0.937. The smallest absolute Gasteiger partial charge is 0.0893 e. The molecule has 4 aliphatic rings. The highest BCUT2D eigenvalue weighted by Gasteiger charge is 2.49. The second-order valence-electron chi connectivity index (χ2n) is 8.85. The summed E-state index contributed by atoms with van der Waals surface area (Å²) in [6, 6.07) is 1.98. The van der Waals surface area contributed by atoms with E-state index < -0.39 is 0 Å². The summed E-state index contributed by atoms with van der Waals surface area (Å²) in [6.45, 7) is 5.75. The van der Waals surface area contributed by atoms with E-state index in [4.69, 9.17) is 0 Å². The lowest BCUT2D eigenvalue weighted by Gasteiger charge is -2.43. The highest BCUT2D eigenvalue weighted by atomic mass is 15.4. The van der Waals surface area contributed by atoms with Crippen LogP contribution in [-0.2, 0) is 0 Å². The van der Waals surface area contributed by atoms with Gasteiger partial charge < -0.3 is 9.38 Å². The monoisotopic (exact) mass is 291 g/mol. The topological polar surface area (TPSA) is 3.24 Å². The zero-order chi connectivity index (χ0) is 14.3. The first-order valence-electron chi connectivity index (χ1n) is 9.83. The van der Waals surface area contributed by atoms with E-state index in [1.807, 2.05) is 0 Å². The van der Waals surface area contributed by atoms with Crippen molar-refractivity contribution >= 4 is 0 Å². The normalized spacial score (nSPS) is 43.9. The van der Waals surface area contributed by atoms with Gasteiger partial charge in [-0.2, -0.15) is 0 Å². The van der Waals surface area contributed by atoms with Crippen molar-refractivity contribution in [3.05, 3.63) is 0 Å². The van der Waals surface area contributed by atoms with Gasteiger partial charge in [-0.1, -0.05) is 6.42 Å². The summed E-state index contributed by atoms with van der Waals surface area (Å²) in [5.41, 5.74) is 0. The van der Waals surface area contributed by atoms with Crippen molar-refractivity contribution in [1.82, 2.24) is 4.90 Å². The Hall–Kier alpha value is -0.0800. The fraction of sp³-hybridized carbons (Fsp3) is 1.00. The Bertz CT molecular complexity index is 341. The SMILES string of the molecule is C[N+]1(C2C[C@H]3CC(N4CCCCC4)C[C@H]3C2)CCCCC1. The molecule has 2 saturated carbocycles. The molecule has 120 valence electrons. The van der Waals surface area contributed by atoms with Crippen LogP contribution in [-0.4, -0.2) is 54.7 Å². The van der Waals surface area contributed by atoms with Crippen LogP contribution in [0.2, 0.25) is 0 Å². The highest BCUT2D eigenvalue weighted by Crippen LogP contribution is 2.49. The van der Waals surface area contributed by atoms with Crippen LogP contribution in [0, 0.1) is 11.8 Å². The predicted octanol–water partition coefficient (Wildman–Crippen LogP) is 3.66. The van der Waals surface area contributed by atoms with E-state index in [0.29, 0.717) is 0 Å². The van der Waals surface area contributed by atoms with Crippen LogP contribution in [0.1, 0.15) is 64.2 Å². The molecule has 0 spiro atoms. The minimum Gasteiger partial charge on any atom is -0.324 e. The molecule has 0 aromatic rings. The number of piperidine rings is 2. The van der Waals surface area contributed by atoms with Crippen molar-refractivity contribution < 1.29 is 4.48 Å². The zero-order valence-electron chi connectivity index (χ0n) is 14.1. The first-order chi connectivity index (χ1) is 10.2. The summed E-state index contributed by atoms with van der Waals surface area (Å²) in [7, 11) is 2.58. The van der Waals surface area contributed by atoms with E-state index >= 15 is 0 Å². The maximum Gasteiger partial charge on any atom is 0.0893 e. The Morgan fingerprint density at radius 2 is 1.29 bits per heavy atom. The van der Waals surface area contributed by atoms with Gasteiger partial charge in [-0.05, 0) is 69.9 Å². The molecular weight excluding hydrogens is 256 g/mol. The standard InChI is InChI=1S/C19H35N2/c1-21(10-6-3-7-11-21)19-14-16-12-18(13-17(16)15-19)20-8-4-2-5-9-20/h16-19H,2-15H2,1H3/q+1/t16-,17+,18?,19?. The van der Waals surface area contributed by atoms with Gasteiger partial charge in [-0.3, -0.25) is 0 Å². The molecule has 4 fully saturated rings. The molecule has 2 unspecified atom stereocenters. The fourth-order valence-electron chi connectivity index (χ4n) is 6.24. The Morgan fingerprint density at radius 1 is 0.714 bits per heavy atom. The molecule has 0 bridgehead atoms. The van der Waals surface area contributed by atoms with Crippen LogP contribution in [0.3, 0.4) is 0 Å². The van der Waals surface area contributed by atoms with Crippen molar-refractivity contribution in [3.63, 3.8) is 0 Å². The van der Waals surface area contributed by atoms with E-state index in [2.05, 4.69) is 11.9 Å². The largest absolute Gasteiger partial charge is 0.324 e. The quantitative estimate of drug-likeness (QED) is 0.702. The average Bonchev–Trinajstić information content (AvgIpc) is 3.08. The molecule has 2 aliphatic carbocycles. The van der Waals surface area contributed by atoms with E-state index in [1.165, 1.54) is 69.2 Å². The Labute approximate surface area is 131 Å². The second-order valence-corrected chi connectivity index (χ2v) is 8.85. The maximum absolute atomic E-state index is 2.86. The molecule has 4 rings (SSSR count). The van der Waals surface area contributed by atoms with E-state index in [1.54, 1.807) is 25.7 Å². The predicted molar refractivity (Wildman–Crippen MR) is 88.2 cm³/mol. The number of quaternary nitrogens is 1. The molecule has 0 radical (unpaired) electrons. The molecular formula is C19H35N2+. The van der Waals surface area contributed by atoms with E-state index in [9.17, 15) is 0 Å². The van der Waals surface area contributed by atoms with E-state index in [0.717, 1.165) is 23.9 Å². The number of hydrogen-bond donors (Lipinski definition) is 0. The Kier molecular flexibility index (Phi) is 4.04. The van der Waals surface area contributed by atoms with Crippen molar-refractivity contribution in [1.29, 1.82) is 0 Å². The summed E-state index contributed by atoms with van der Waals surface area (Å²) < 4.78 is 1.43. The van der Waals surface area contributed by atoms with Gasteiger partial charge in [0.15, 0.2) is 0 Å². The third-order valence-corrected chi connectivity index (χ3v) is 7.59. The molecule has 2 saturated heterocycles. The number of likely N-dealkylation sites (tertiary alicyclic amines) is 2.